The van der Waals surface area contributed by atoms with Gasteiger partial charge in [0, 0.05) is 17.8 Å². The van der Waals surface area contributed by atoms with Gasteiger partial charge in [-0.15, -0.1) is 0 Å². The summed E-state index contributed by atoms with van der Waals surface area (Å²) in [5, 5.41) is 3.55. The summed E-state index contributed by atoms with van der Waals surface area (Å²) in [7, 11) is 0. The number of rotatable bonds is 8. The van der Waals surface area contributed by atoms with E-state index in [0.717, 1.165) is 11.8 Å². The molecule has 0 heterocycles. The lowest BCUT2D eigenvalue weighted by atomic mass is 10.2. The summed E-state index contributed by atoms with van der Waals surface area (Å²) in [6.45, 7) is 1.32. The van der Waals surface area contributed by atoms with Crippen molar-refractivity contribution in [1.82, 2.24) is 5.32 Å². The van der Waals surface area contributed by atoms with Crippen molar-refractivity contribution in [3.8, 4) is 0 Å². The maximum absolute atomic E-state index is 11.6. The average molecular weight is 288 g/mol. The van der Waals surface area contributed by atoms with Gasteiger partial charge in [-0.2, -0.15) is 0 Å². The Hall–Kier alpha value is -0.230. The van der Waals surface area contributed by atoms with E-state index < -0.39 is 13.0 Å². The van der Waals surface area contributed by atoms with Crippen LogP contribution in [0.15, 0.2) is 0 Å². The van der Waals surface area contributed by atoms with E-state index in [1.165, 1.54) is 0 Å². The molecule has 0 aliphatic rings. The number of amides is 1. The average Bonchev–Trinajstić information content (AvgIpc) is 2.12. The zero-order valence-electron chi connectivity index (χ0n) is 8.64. The fourth-order valence-electron chi connectivity index (χ4n) is 0.920. The van der Waals surface area contributed by atoms with Crippen molar-refractivity contribution >= 4 is 21.8 Å². The first-order valence-electron chi connectivity index (χ1n) is 4.77. The second kappa shape index (κ2) is 9.03. The number of carbonyl (C=O) groups excluding carboxylic acids is 1. The number of halogens is 3. The molecule has 0 fully saturated rings. The molecule has 0 radical (unpaired) electrons. The Morgan fingerprint density at radius 1 is 1.53 bits per heavy atom. The smallest absolute Gasteiger partial charge is 0.261 e. The summed E-state index contributed by atoms with van der Waals surface area (Å²) in [6, 6.07) is 0.0898. The van der Waals surface area contributed by atoms with Crippen molar-refractivity contribution in [2.45, 2.75) is 32.2 Å². The van der Waals surface area contributed by atoms with Gasteiger partial charge < -0.3 is 10.1 Å². The van der Waals surface area contributed by atoms with Crippen LogP contribution in [0, 0.1) is 0 Å². The van der Waals surface area contributed by atoms with E-state index in [-0.39, 0.29) is 25.0 Å². The van der Waals surface area contributed by atoms with Crippen LogP contribution in [0.3, 0.4) is 0 Å². The lowest BCUT2D eigenvalue weighted by Gasteiger charge is -2.12. The molecule has 3 nitrogen and oxygen atoms in total. The number of ether oxygens (including phenoxy) is 1. The van der Waals surface area contributed by atoms with E-state index in [2.05, 4.69) is 26.0 Å². The highest BCUT2D eigenvalue weighted by Crippen LogP contribution is 1.97. The summed E-state index contributed by atoms with van der Waals surface area (Å²) in [6.07, 6.45) is -1.51. The van der Waals surface area contributed by atoms with Gasteiger partial charge in [-0.05, 0) is 13.3 Å². The van der Waals surface area contributed by atoms with Gasteiger partial charge in [-0.3, -0.25) is 4.79 Å². The largest absolute Gasteiger partial charge is 0.375 e. The minimum atomic E-state index is -2.47. The van der Waals surface area contributed by atoms with Gasteiger partial charge in [0.15, 0.2) is 0 Å². The quantitative estimate of drug-likeness (QED) is 0.547. The van der Waals surface area contributed by atoms with Crippen molar-refractivity contribution in [2.75, 3.05) is 18.5 Å². The molecule has 1 atom stereocenters. The van der Waals surface area contributed by atoms with E-state index in [0.29, 0.717) is 0 Å². The molecule has 15 heavy (non-hydrogen) atoms. The van der Waals surface area contributed by atoms with Crippen LogP contribution in [0.1, 0.15) is 19.8 Å². The van der Waals surface area contributed by atoms with Crippen LogP contribution in [-0.2, 0) is 9.53 Å². The van der Waals surface area contributed by atoms with Crippen LogP contribution in [0.4, 0.5) is 8.78 Å². The molecule has 90 valence electrons. The maximum Gasteiger partial charge on any atom is 0.261 e. The summed E-state index contributed by atoms with van der Waals surface area (Å²) in [4.78, 5) is 11.2. The van der Waals surface area contributed by atoms with Gasteiger partial charge in [0.1, 0.15) is 6.61 Å². The minimum absolute atomic E-state index is 0.0389. The van der Waals surface area contributed by atoms with Crippen LogP contribution >= 0.6 is 15.9 Å². The molecule has 0 saturated heterocycles. The van der Waals surface area contributed by atoms with Crippen LogP contribution in [0.25, 0.3) is 0 Å². The normalized spacial score (nSPS) is 12.9. The van der Waals surface area contributed by atoms with Gasteiger partial charge in [-0.25, -0.2) is 8.78 Å². The first-order chi connectivity index (χ1) is 7.06. The molecule has 1 amide bonds. The highest BCUT2D eigenvalue weighted by Gasteiger charge is 2.07. The van der Waals surface area contributed by atoms with E-state index in [1.807, 2.05) is 6.92 Å². The second-order valence-corrected chi connectivity index (χ2v) is 3.96. The van der Waals surface area contributed by atoms with E-state index >= 15 is 0 Å². The fraction of sp³-hybridized carbons (Fsp3) is 0.889. The highest BCUT2D eigenvalue weighted by atomic mass is 79.9. The summed E-state index contributed by atoms with van der Waals surface area (Å²) < 4.78 is 27.9. The standard InChI is InChI=1S/C9H16BrF2NO2/c1-7(2-4-10)13-9(14)3-5-15-6-8(11)12/h7-8H,2-6H2,1H3,(H,13,14). The molecule has 0 bridgehead atoms. The van der Waals surface area contributed by atoms with E-state index in [1.54, 1.807) is 0 Å². The molecular formula is C9H16BrF2NO2. The van der Waals surface area contributed by atoms with E-state index in [9.17, 15) is 13.6 Å². The first kappa shape index (κ1) is 14.8. The van der Waals surface area contributed by atoms with Gasteiger partial charge in [0.2, 0.25) is 5.91 Å². The monoisotopic (exact) mass is 287 g/mol. The number of alkyl halides is 3. The van der Waals surface area contributed by atoms with Crippen molar-refractivity contribution in [1.29, 1.82) is 0 Å². The zero-order valence-corrected chi connectivity index (χ0v) is 10.2. The Kier molecular flexibility index (Phi) is 8.89. The number of hydrogen-bond acceptors (Lipinski definition) is 2. The molecule has 0 saturated carbocycles. The minimum Gasteiger partial charge on any atom is -0.375 e. The van der Waals surface area contributed by atoms with Gasteiger partial charge in [0.25, 0.3) is 6.43 Å². The molecule has 0 spiro atoms. The lowest BCUT2D eigenvalue weighted by molar-refractivity contribution is -0.123. The van der Waals surface area contributed by atoms with Crippen molar-refractivity contribution in [2.24, 2.45) is 0 Å². The van der Waals surface area contributed by atoms with Crippen molar-refractivity contribution in [3.05, 3.63) is 0 Å². The maximum atomic E-state index is 11.6. The number of carbonyl (C=O) groups is 1. The Balaban J connectivity index is 3.40. The fourth-order valence-corrected chi connectivity index (χ4v) is 1.61. The lowest BCUT2D eigenvalue weighted by Crippen LogP contribution is -2.33. The molecule has 1 unspecified atom stereocenters. The van der Waals surface area contributed by atoms with E-state index in [4.69, 9.17) is 0 Å². The predicted molar refractivity (Wildman–Crippen MR) is 57.5 cm³/mol. The molecular weight excluding hydrogens is 272 g/mol. The zero-order chi connectivity index (χ0) is 11.7. The second-order valence-electron chi connectivity index (χ2n) is 3.16. The third kappa shape index (κ3) is 10.1. The molecule has 0 aromatic rings. The van der Waals surface area contributed by atoms with Crippen molar-refractivity contribution < 1.29 is 18.3 Å². The third-order valence-electron chi connectivity index (χ3n) is 1.67. The Bertz CT molecular complexity index is 181. The SMILES string of the molecule is CC(CCBr)NC(=O)CCOCC(F)F. The number of hydrogen-bond donors (Lipinski definition) is 1. The summed E-state index contributed by atoms with van der Waals surface area (Å²) in [5.74, 6) is -0.169. The topological polar surface area (TPSA) is 38.3 Å². The first-order valence-corrected chi connectivity index (χ1v) is 5.89. The molecule has 0 aromatic carbocycles. The van der Waals surface area contributed by atoms with Crippen molar-refractivity contribution in [3.63, 3.8) is 0 Å². The molecule has 0 aromatic heterocycles. The van der Waals surface area contributed by atoms with Gasteiger partial charge >= 0.3 is 0 Å². The highest BCUT2D eigenvalue weighted by molar-refractivity contribution is 9.09. The molecule has 0 aliphatic heterocycles. The molecule has 0 aliphatic carbocycles. The van der Waals surface area contributed by atoms with Crippen LogP contribution in [0.2, 0.25) is 0 Å². The van der Waals surface area contributed by atoms with Gasteiger partial charge in [-0.1, -0.05) is 15.9 Å². The Labute approximate surface area is 96.7 Å². The third-order valence-corrected chi connectivity index (χ3v) is 2.12. The molecule has 1 N–H and O–H groups in total. The summed E-state index contributed by atoms with van der Waals surface area (Å²) >= 11 is 3.26. The predicted octanol–water partition coefficient (Wildman–Crippen LogP) is 1.95. The van der Waals surface area contributed by atoms with Crippen LogP contribution in [0.5, 0.6) is 0 Å². The number of nitrogens with one attached hydrogen (secondary N) is 1. The summed E-state index contributed by atoms with van der Waals surface area (Å²) in [5.41, 5.74) is 0. The van der Waals surface area contributed by atoms with Gasteiger partial charge in [0.05, 0.1) is 6.61 Å². The van der Waals surface area contributed by atoms with Crippen LogP contribution < -0.4 is 5.32 Å². The Morgan fingerprint density at radius 3 is 2.73 bits per heavy atom. The van der Waals surface area contributed by atoms with Crippen LogP contribution in [-0.4, -0.2) is 36.9 Å². The Morgan fingerprint density at radius 2 is 2.20 bits per heavy atom. The molecule has 6 heteroatoms. The molecule has 0 rings (SSSR count).